The number of aromatic nitrogens is 1. The van der Waals surface area contributed by atoms with E-state index in [9.17, 15) is 19.2 Å². The number of hydrogen-bond donors (Lipinski definition) is 4. The van der Waals surface area contributed by atoms with Gasteiger partial charge in [0.15, 0.2) is 5.60 Å². The van der Waals surface area contributed by atoms with Crippen molar-refractivity contribution < 1.29 is 29.0 Å². The zero-order chi connectivity index (χ0) is 27.6. The molecule has 2 aromatic carbocycles. The number of carboxylic acid groups (broad SMARTS) is 1. The van der Waals surface area contributed by atoms with Gasteiger partial charge in [-0.2, -0.15) is 0 Å². The number of nitrogens with one attached hydrogen (secondary N) is 3. The Labute approximate surface area is 228 Å². The molecule has 2 aliphatic rings. The number of carbonyl (C=O) groups excluding carboxylic acids is 3. The molecular formula is C27H24ClN5O6. The number of carbonyl (C=O) groups is 4. The summed E-state index contributed by atoms with van der Waals surface area (Å²) in [5.74, 6) is -0.492. The van der Waals surface area contributed by atoms with Gasteiger partial charge in [-0.25, -0.2) is 14.6 Å². The van der Waals surface area contributed by atoms with Gasteiger partial charge < -0.3 is 20.1 Å². The van der Waals surface area contributed by atoms with E-state index in [0.29, 0.717) is 28.5 Å². The number of amides is 4. The smallest absolute Gasteiger partial charge is 0.413 e. The van der Waals surface area contributed by atoms with Crippen LogP contribution in [-0.2, 0) is 21.6 Å². The lowest BCUT2D eigenvalue weighted by atomic mass is 9.92. The second-order valence-corrected chi connectivity index (χ2v) is 9.73. The van der Waals surface area contributed by atoms with E-state index in [-0.39, 0.29) is 31.0 Å². The van der Waals surface area contributed by atoms with Crippen molar-refractivity contribution in [3.05, 3.63) is 88.6 Å². The highest BCUT2D eigenvalue weighted by Gasteiger charge is 2.50. The van der Waals surface area contributed by atoms with Crippen molar-refractivity contribution in [2.75, 3.05) is 23.7 Å². The molecule has 1 fully saturated rings. The lowest BCUT2D eigenvalue weighted by molar-refractivity contribution is -0.133. The molecule has 3 aromatic rings. The highest BCUT2D eigenvalue weighted by Crippen LogP contribution is 2.43. The van der Waals surface area contributed by atoms with E-state index in [1.54, 1.807) is 11.0 Å². The molecule has 0 unspecified atom stereocenters. The standard InChI is InChI=1S/C27H24ClN5O6/c28-18-13-20-22(29-14-18)32-26(38)39-27(20)10-11-33(15-27)24(35)21(12-16-4-2-1-3-5-16)31-23(34)17-6-8-19(9-7-17)30-25(36)37/h1-9,13-14,21,30H,10-12,15H2,(H,31,34)(H,36,37)(H,29,32,38)/t21-,27-/m0/s1. The van der Waals surface area contributed by atoms with Crippen molar-refractivity contribution in [2.45, 2.75) is 24.5 Å². The molecule has 200 valence electrons. The van der Waals surface area contributed by atoms with Gasteiger partial charge in [-0.05, 0) is 35.9 Å². The van der Waals surface area contributed by atoms with Crippen LogP contribution in [0.5, 0.6) is 0 Å². The molecule has 4 N–H and O–H groups in total. The Kier molecular flexibility index (Phi) is 7.07. The summed E-state index contributed by atoms with van der Waals surface area (Å²) in [6.07, 6.45) is 0.114. The molecule has 2 atom stereocenters. The summed E-state index contributed by atoms with van der Waals surface area (Å²) in [6, 6.07) is 15.9. The maximum absolute atomic E-state index is 13.8. The summed E-state index contributed by atoms with van der Waals surface area (Å²) in [5, 5.41) is 16.8. The zero-order valence-corrected chi connectivity index (χ0v) is 21.3. The molecule has 4 amide bonds. The number of likely N-dealkylation sites (tertiary alicyclic amines) is 1. The first-order valence-corrected chi connectivity index (χ1v) is 12.5. The van der Waals surface area contributed by atoms with Crippen LogP contribution in [0, 0.1) is 0 Å². The average molecular weight is 550 g/mol. The SMILES string of the molecule is O=C(O)Nc1ccc(C(=O)N[C@@H](Cc2ccccc2)C(=O)N2CC[C@@]3(C2)OC(=O)Nc2ncc(Cl)cc23)cc1. The van der Waals surface area contributed by atoms with E-state index in [2.05, 4.69) is 20.9 Å². The fraction of sp³-hybridized carbons (Fsp3) is 0.222. The van der Waals surface area contributed by atoms with Crippen LogP contribution < -0.4 is 16.0 Å². The van der Waals surface area contributed by atoms with E-state index in [0.717, 1.165) is 5.56 Å². The molecule has 2 aliphatic heterocycles. The quantitative estimate of drug-likeness (QED) is 0.364. The van der Waals surface area contributed by atoms with E-state index in [1.165, 1.54) is 30.5 Å². The Morgan fingerprint density at radius 3 is 2.62 bits per heavy atom. The predicted octanol–water partition coefficient (Wildman–Crippen LogP) is 3.86. The summed E-state index contributed by atoms with van der Waals surface area (Å²) >= 11 is 6.17. The molecule has 11 nitrogen and oxygen atoms in total. The van der Waals surface area contributed by atoms with Crippen LogP contribution in [0.3, 0.4) is 0 Å². The van der Waals surface area contributed by atoms with Gasteiger partial charge >= 0.3 is 12.2 Å². The van der Waals surface area contributed by atoms with Gasteiger partial charge in [0.2, 0.25) is 5.91 Å². The molecule has 5 rings (SSSR count). The monoisotopic (exact) mass is 549 g/mol. The molecule has 1 spiro atoms. The summed E-state index contributed by atoms with van der Waals surface area (Å²) in [7, 11) is 0. The third-order valence-corrected chi connectivity index (χ3v) is 6.89. The van der Waals surface area contributed by atoms with Crippen molar-refractivity contribution in [1.29, 1.82) is 0 Å². The number of hydrogen-bond acceptors (Lipinski definition) is 6. The van der Waals surface area contributed by atoms with Gasteiger partial charge in [-0.15, -0.1) is 0 Å². The predicted molar refractivity (Wildman–Crippen MR) is 142 cm³/mol. The average Bonchev–Trinajstić information content (AvgIpc) is 3.33. The Hall–Kier alpha value is -4.64. The largest absolute Gasteiger partial charge is 0.465 e. The van der Waals surface area contributed by atoms with Crippen molar-refractivity contribution in [3.8, 4) is 0 Å². The van der Waals surface area contributed by atoms with Crippen LogP contribution in [-0.4, -0.2) is 58.1 Å². The van der Waals surface area contributed by atoms with Gasteiger partial charge in [-0.1, -0.05) is 41.9 Å². The normalized spacial score (nSPS) is 18.5. The van der Waals surface area contributed by atoms with E-state index in [1.807, 2.05) is 30.3 Å². The molecule has 1 saturated heterocycles. The van der Waals surface area contributed by atoms with Gasteiger partial charge in [0.25, 0.3) is 5.91 Å². The van der Waals surface area contributed by atoms with Crippen LogP contribution in [0.15, 0.2) is 66.9 Å². The van der Waals surface area contributed by atoms with Gasteiger partial charge in [-0.3, -0.25) is 20.2 Å². The highest BCUT2D eigenvalue weighted by atomic mass is 35.5. The molecule has 12 heteroatoms. The Morgan fingerprint density at radius 2 is 1.90 bits per heavy atom. The number of pyridine rings is 1. The Balaban J connectivity index is 1.37. The molecular weight excluding hydrogens is 526 g/mol. The minimum atomic E-state index is -1.22. The van der Waals surface area contributed by atoms with Crippen molar-refractivity contribution >= 4 is 47.1 Å². The molecule has 0 aliphatic carbocycles. The fourth-order valence-electron chi connectivity index (χ4n) is 4.85. The van der Waals surface area contributed by atoms with Crippen molar-refractivity contribution in [1.82, 2.24) is 15.2 Å². The first-order valence-electron chi connectivity index (χ1n) is 12.1. The number of nitrogens with zero attached hydrogens (tertiary/aromatic N) is 2. The van der Waals surface area contributed by atoms with Crippen LogP contribution in [0.1, 0.15) is 27.9 Å². The second kappa shape index (κ2) is 10.6. The highest BCUT2D eigenvalue weighted by molar-refractivity contribution is 6.30. The summed E-state index contributed by atoms with van der Waals surface area (Å²) in [6.45, 7) is 0.361. The summed E-state index contributed by atoms with van der Waals surface area (Å²) in [5.41, 5.74) is 0.894. The summed E-state index contributed by atoms with van der Waals surface area (Å²) in [4.78, 5) is 55.9. The Morgan fingerprint density at radius 1 is 1.15 bits per heavy atom. The first kappa shape index (κ1) is 26.0. The van der Waals surface area contributed by atoms with E-state index >= 15 is 0 Å². The van der Waals surface area contributed by atoms with Crippen LogP contribution in [0.4, 0.5) is 21.1 Å². The van der Waals surface area contributed by atoms with Crippen molar-refractivity contribution in [3.63, 3.8) is 0 Å². The molecule has 0 saturated carbocycles. The zero-order valence-electron chi connectivity index (χ0n) is 20.5. The number of anilines is 2. The van der Waals surface area contributed by atoms with Gasteiger partial charge in [0.05, 0.1) is 11.6 Å². The third kappa shape index (κ3) is 5.63. The molecule has 39 heavy (non-hydrogen) atoms. The Bertz CT molecular complexity index is 1430. The lowest BCUT2D eigenvalue weighted by Crippen LogP contribution is -2.50. The molecule has 1 aromatic heterocycles. The second-order valence-electron chi connectivity index (χ2n) is 9.29. The number of benzene rings is 2. The maximum atomic E-state index is 13.8. The number of halogens is 1. The lowest BCUT2D eigenvalue weighted by Gasteiger charge is -2.35. The number of ether oxygens (including phenoxy) is 1. The van der Waals surface area contributed by atoms with Crippen LogP contribution >= 0.6 is 11.6 Å². The molecule has 0 radical (unpaired) electrons. The third-order valence-electron chi connectivity index (χ3n) is 6.68. The molecule has 3 heterocycles. The first-order chi connectivity index (χ1) is 18.7. The molecule has 0 bridgehead atoms. The fourth-order valence-corrected chi connectivity index (χ4v) is 5.01. The van der Waals surface area contributed by atoms with E-state index < -0.39 is 29.7 Å². The minimum Gasteiger partial charge on any atom is -0.465 e. The van der Waals surface area contributed by atoms with Gasteiger partial charge in [0, 0.05) is 42.4 Å². The topological polar surface area (TPSA) is 150 Å². The maximum Gasteiger partial charge on any atom is 0.413 e. The number of rotatable bonds is 6. The minimum absolute atomic E-state index is 0.0744. The van der Waals surface area contributed by atoms with Crippen molar-refractivity contribution in [2.24, 2.45) is 0 Å². The van der Waals surface area contributed by atoms with Crippen LogP contribution in [0.25, 0.3) is 0 Å². The number of fused-ring (bicyclic) bond motifs is 2. The van der Waals surface area contributed by atoms with Crippen LogP contribution in [0.2, 0.25) is 5.02 Å². The van der Waals surface area contributed by atoms with E-state index in [4.69, 9.17) is 21.4 Å². The van der Waals surface area contributed by atoms with Gasteiger partial charge in [0.1, 0.15) is 11.9 Å². The summed E-state index contributed by atoms with van der Waals surface area (Å²) < 4.78 is 5.71.